The first-order valence-corrected chi connectivity index (χ1v) is 12.1. The summed E-state index contributed by atoms with van der Waals surface area (Å²) in [5.41, 5.74) is 2.61. The highest BCUT2D eigenvalue weighted by atomic mass is 79.9. The van der Waals surface area contributed by atoms with E-state index in [0.717, 1.165) is 28.8 Å². The van der Waals surface area contributed by atoms with E-state index in [1.165, 1.54) is 57.8 Å². The van der Waals surface area contributed by atoms with Gasteiger partial charge in [-0.05, 0) is 30.4 Å². The summed E-state index contributed by atoms with van der Waals surface area (Å²) in [5.74, 6) is 0. The van der Waals surface area contributed by atoms with Gasteiger partial charge in [0.1, 0.15) is 6.73 Å². The third kappa shape index (κ3) is 11.0. The quantitative estimate of drug-likeness (QED) is 0.264. The molecule has 1 heterocycles. The number of ether oxygens (including phenoxy) is 1. The van der Waals surface area contributed by atoms with E-state index in [1.54, 1.807) is 0 Å². The Labute approximate surface area is 186 Å². The van der Waals surface area contributed by atoms with E-state index in [-0.39, 0.29) is 0 Å². The zero-order valence-electron chi connectivity index (χ0n) is 18.6. The summed E-state index contributed by atoms with van der Waals surface area (Å²) >= 11 is 3.46. The maximum absolute atomic E-state index is 5.80. The van der Waals surface area contributed by atoms with Crippen molar-refractivity contribution in [2.24, 2.45) is 5.41 Å². The van der Waals surface area contributed by atoms with Crippen LogP contribution < -0.4 is 0 Å². The molecule has 0 saturated carbocycles. The molecule has 1 aromatic carbocycles. The van der Waals surface area contributed by atoms with Gasteiger partial charge in [-0.1, -0.05) is 100 Å². The molecule has 0 bridgehead atoms. The minimum Gasteiger partial charge on any atom is -0.361 e. The number of hydrogen-bond acceptors (Lipinski definition) is 2. The van der Waals surface area contributed by atoms with Crippen LogP contribution in [-0.2, 0) is 11.5 Å². The largest absolute Gasteiger partial charge is 0.361 e. The molecular formula is C25H39BrN2O. The van der Waals surface area contributed by atoms with Crippen LogP contribution in [0.15, 0.2) is 41.3 Å². The Kier molecular flexibility index (Phi) is 11.0. The predicted molar refractivity (Wildman–Crippen MR) is 127 cm³/mol. The van der Waals surface area contributed by atoms with Crippen LogP contribution in [0.3, 0.4) is 0 Å². The lowest BCUT2D eigenvalue weighted by atomic mass is 9.89. The van der Waals surface area contributed by atoms with Crippen molar-refractivity contribution in [3.05, 3.63) is 41.3 Å². The number of hydrogen-bond donors (Lipinski definition) is 0. The van der Waals surface area contributed by atoms with E-state index in [0.29, 0.717) is 12.1 Å². The molecule has 3 nitrogen and oxygen atoms in total. The molecule has 0 unspecified atom stereocenters. The topological polar surface area (TPSA) is 27.1 Å². The van der Waals surface area contributed by atoms with Crippen molar-refractivity contribution in [2.75, 3.05) is 6.61 Å². The number of benzene rings is 1. The molecule has 0 atom stereocenters. The average molecular weight is 464 g/mol. The minimum absolute atomic E-state index is 0.502. The second kappa shape index (κ2) is 13.2. The molecule has 2 aromatic rings. The molecule has 0 aliphatic carbocycles. The van der Waals surface area contributed by atoms with E-state index in [2.05, 4.69) is 53.8 Å². The third-order valence-electron chi connectivity index (χ3n) is 5.23. The highest BCUT2D eigenvalue weighted by Gasteiger charge is 2.08. The van der Waals surface area contributed by atoms with Crippen molar-refractivity contribution in [2.45, 2.75) is 91.7 Å². The van der Waals surface area contributed by atoms with Gasteiger partial charge in [-0.15, -0.1) is 0 Å². The van der Waals surface area contributed by atoms with Crippen LogP contribution in [0.5, 0.6) is 0 Å². The Hall–Kier alpha value is -1.13. The van der Waals surface area contributed by atoms with Gasteiger partial charge in [0.05, 0.1) is 12.0 Å². The molecular weight excluding hydrogens is 424 g/mol. The predicted octanol–water partition coefficient (Wildman–Crippen LogP) is 8.23. The summed E-state index contributed by atoms with van der Waals surface area (Å²) in [6.07, 6.45) is 17.4. The van der Waals surface area contributed by atoms with Gasteiger partial charge in [0, 0.05) is 22.8 Å². The fourth-order valence-corrected chi connectivity index (χ4v) is 3.73. The van der Waals surface area contributed by atoms with Gasteiger partial charge in [0.25, 0.3) is 0 Å². The Morgan fingerprint density at radius 2 is 1.45 bits per heavy atom. The molecule has 0 fully saturated rings. The summed E-state index contributed by atoms with van der Waals surface area (Å²) in [7, 11) is 0. The summed E-state index contributed by atoms with van der Waals surface area (Å²) in [6.45, 7) is 8.44. The molecule has 0 radical (unpaired) electrons. The molecule has 0 aliphatic rings. The monoisotopic (exact) mass is 462 g/mol. The fourth-order valence-electron chi connectivity index (χ4n) is 3.47. The van der Waals surface area contributed by atoms with Crippen molar-refractivity contribution in [1.82, 2.24) is 9.55 Å². The zero-order chi connectivity index (χ0) is 21.0. The van der Waals surface area contributed by atoms with Gasteiger partial charge >= 0.3 is 0 Å². The van der Waals surface area contributed by atoms with Crippen LogP contribution in [0.4, 0.5) is 0 Å². The second-order valence-corrected chi connectivity index (χ2v) is 10.2. The van der Waals surface area contributed by atoms with Crippen LogP contribution in [0.25, 0.3) is 11.3 Å². The lowest BCUT2D eigenvalue weighted by Crippen LogP contribution is -2.03. The van der Waals surface area contributed by atoms with Crippen molar-refractivity contribution < 1.29 is 4.74 Å². The van der Waals surface area contributed by atoms with Crippen molar-refractivity contribution in [3.8, 4) is 11.3 Å². The Bertz CT molecular complexity index is 673. The molecule has 4 heteroatoms. The van der Waals surface area contributed by atoms with Crippen LogP contribution in [0.1, 0.15) is 85.0 Å². The van der Waals surface area contributed by atoms with E-state index >= 15 is 0 Å². The minimum atomic E-state index is 0.502. The maximum Gasteiger partial charge on any atom is 0.123 e. The summed E-state index contributed by atoms with van der Waals surface area (Å²) in [6, 6.07) is 8.23. The number of imidazole rings is 1. The molecule has 29 heavy (non-hydrogen) atoms. The molecule has 1 aromatic heterocycles. The van der Waals surface area contributed by atoms with E-state index < -0.39 is 0 Å². The number of unbranched alkanes of at least 4 members (excludes halogenated alkanes) is 8. The van der Waals surface area contributed by atoms with Gasteiger partial charge in [-0.3, -0.25) is 0 Å². The molecule has 0 N–H and O–H groups in total. The smallest absolute Gasteiger partial charge is 0.123 e. The van der Waals surface area contributed by atoms with Crippen molar-refractivity contribution in [3.63, 3.8) is 0 Å². The summed E-state index contributed by atoms with van der Waals surface area (Å²) in [5, 5.41) is 0. The molecule has 0 amide bonds. The normalized spacial score (nSPS) is 11.9. The molecule has 0 saturated heterocycles. The van der Waals surface area contributed by atoms with Crippen LogP contribution in [0.2, 0.25) is 0 Å². The first-order valence-electron chi connectivity index (χ1n) is 11.3. The average Bonchev–Trinajstić information content (AvgIpc) is 3.14. The molecule has 162 valence electrons. The number of halogens is 1. The van der Waals surface area contributed by atoms with Crippen LogP contribution in [0, 0.1) is 5.41 Å². The highest BCUT2D eigenvalue weighted by Crippen LogP contribution is 2.23. The highest BCUT2D eigenvalue weighted by molar-refractivity contribution is 9.10. The van der Waals surface area contributed by atoms with E-state index in [1.807, 2.05) is 29.2 Å². The Morgan fingerprint density at radius 1 is 0.862 bits per heavy atom. The maximum atomic E-state index is 5.80. The zero-order valence-corrected chi connectivity index (χ0v) is 20.2. The first-order chi connectivity index (χ1) is 13.9. The summed E-state index contributed by atoms with van der Waals surface area (Å²) < 4.78 is 8.90. The van der Waals surface area contributed by atoms with Crippen LogP contribution >= 0.6 is 15.9 Å². The molecule has 0 aliphatic heterocycles. The molecule has 2 rings (SSSR count). The first kappa shape index (κ1) is 24.1. The fraction of sp³-hybridized carbons (Fsp3) is 0.640. The third-order valence-corrected chi connectivity index (χ3v) is 5.76. The van der Waals surface area contributed by atoms with Gasteiger partial charge in [-0.2, -0.15) is 0 Å². The number of rotatable bonds is 14. The van der Waals surface area contributed by atoms with Gasteiger partial charge < -0.3 is 9.30 Å². The standard InChI is InChI=1S/C25H39BrN2O/c1-25(2,3)17-11-9-7-5-4-6-8-10-12-18-29-21-28-19-24(27-20-28)22-13-15-23(26)16-14-22/h13-16,19-20H,4-12,17-18,21H2,1-3H3. The Morgan fingerprint density at radius 3 is 2.07 bits per heavy atom. The lowest BCUT2D eigenvalue weighted by Gasteiger charge is -2.17. The van der Waals surface area contributed by atoms with Gasteiger partial charge in [0.15, 0.2) is 0 Å². The Balaban J connectivity index is 1.42. The van der Waals surface area contributed by atoms with Crippen molar-refractivity contribution in [1.29, 1.82) is 0 Å². The van der Waals surface area contributed by atoms with E-state index in [9.17, 15) is 0 Å². The number of aromatic nitrogens is 2. The lowest BCUT2D eigenvalue weighted by molar-refractivity contribution is 0.0738. The van der Waals surface area contributed by atoms with Gasteiger partial charge in [-0.25, -0.2) is 4.98 Å². The number of nitrogens with zero attached hydrogens (tertiary/aromatic N) is 2. The summed E-state index contributed by atoms with van der Waals surface area (Å²) in [4.78, 5) is 4.47. The van der Waals surface area contributed by atoms with Crippen molar-refractivity contribution >= 4 is 15.9 Å². The van der Waals surface area contributed by atoms with Crippen LogP contribution in [-0.4, -0.2) is 16.2 Å². The molecule has 0 spiro atoms. The van der Waals surface area contributed by atoms with E-state index in [4.69, 9.17) is 4.74 Å². The van der Waals surface area contributed by atoms with Gasteiger partial charge in [0.2, 0.25) is 0 Å². The second-order valence-electron chi connectivity index (χ2n) is 9.31. The SMILES string of the molecule is CC(C)(C)CCCCCCCCCCCOCn1cnc(-c2ccc(Br)cc2)c1.